The lowest BCUT2D eigenvalue weighted by Gasteiger charge is -2.12. The van der Waals surface area contributed by atoms with Crippen LogP contribution >= 0.6 is 0 Å². The van der Waals surface area contributed by atoms with Gasteiger partial charge in [0.05, 0.1) is 6.61 Å². The Labute approximate surface area is 192 Å². The Morgan fingerprint density at radius 1 is 1.00 bits per heavy atom. The predicted octanol–water partition coefficient (Wildman–Crippen LogP) is 5.93. The zero-order valence-electron chi connectivity index (χ0n) is 18.7. The van der Waals surface area contributed by atoms with Crippen molar-refractivity contribution >= 4 is 5.97 Å². The normalized spacial score (nSPS) is 11.0. The molecule has 1 N–H and O–H groups in total. The Balaban J connectivity index is 1.56. The molecular weight excluding hydrogens is 416 g/mol. The van der Waals surface area contributed by atoms with Crippen molar-refractivity contribution in [3.05, 3.63) is 83.4 Å². The molecule has 0 saturated heterocycles. The summed E-state index contributed by atoms with van der Waals surface area (Å²) in [4.78, 5) is 15.3. The van der Waals surface area contributed by atoms with Crippen molar-refractivity contribution in [1.29, 1.82) is 0 Å². The summed E-state index contributed by atoms with van der Waals surface area (Å²) >= 11 is 0. The molecule has 6 nitrogen and oxygen atoms in total. The van der Waals surface area contributed by atoms with E-state index in [0.29, 0.717) is 24.7 Å². The number of rotatable bonds is 9. The Morgan fingerprint density at radius 3 is 2.48 bits per heavy atom. The van der Waals surface area contributed by atoms with E-state index >= 15 is 0 Å². The van der Waals surface area contributed by atoms with Crippen LogP contribution in [0.4, 0.5) is 0 Å². The minimum atomic E-state index is -0.772. The highest BCUT2D eigenvalue weighted by atomic mass is 16.5. The number of ether oxygens (including phenoxy) is 1. The summed E-state index contributed by atoms with van der Waals surface area (Å²) in [7, 11) is 1.68. The molecule has 6 heteroatoms. The van der Waals surface area contributed by atoms with Crippen LogP contribution in [-0.4, -0.2) is 28.3 Å². The molecule has 0 spiro atoms. The van der Waals surface area contributed by atoms with E-state index in [0.717, 1.165) is 34.2 Å². The smallest absolute Gasteiger partial charge is 0.303 e. The molecule has 1 heterocycles. The van der Waals surface area contributed by atoms with Crippen LogP contribution < -0.4 is 0 Å². The van der Waals surface area contributed by atoms with Crippen molar-refractivity contribution in [2.24, 2.45) is 0 Å². The van der Waals surface area contributed by atoms with Crippen LogP contribution in [0.25, 0.3) is 34.0 Å². The first-order valence-electron chi connectivity index (χ1n) is 10.9. The number of methoxy groups -OCH3 is 1. The van der Waals surface area contributed by atoms with Gasteiger partial charge in [0.2, 0.25) is 5.82 Å². The van der Waals surface area contributed by atoms with Gasteiger partial charge >= 0.3 is 5.97 Å². The summed E-state index contributed by atoms with van der Waals surface area (Å²) in [6.45, 7) is 2.57. The highest BCUT2D eigenvalue weighted by Gasteiger charge is 2.14. The first kappa shape index (κ1) is 22.4. The van der Waals surface area contributed by atoms with Crippen molar-refractivity contribution in [2.75, 3.05) is 7.11 Å². The molecule has 0 aliphatic heterocycles. The lowest BCUT2D eigenvalue weighted by Crippen LogP contribution is -1.95. The second-order valence-electron chi connectivity index (χ2n) is 7.99. The van der Waals surface area contributed by atoms with Gasteiger partial charge in [0, 0.05) is 24.7 Å². The topological polar surface area (TPSA) is 85.5 Å². The van der Waals surface area contributed by atoms with Crippen LogP contribution in [-0.2, 0) is 22.6 Å². The quantitative estimate of drug-likeness (QED) is 0.346. The van der Waals surface area contributed by atoms with Crippen LogP contribution in [0, 0.1) is 6.92 Å². The zero-order chi connectivity index (χ0) is 23.2. The summed E-state index contributed by atoms with van der Waals surface area (Å²) in [5.74, 6) is 0.189. The summed E-state index contributed by atoms with van der Waals surface area (Å²) in [5, 5.41) is 12.9. The first-order valence-corrected chi connectivity index (χ1v) is 10.9. The molecule has 168 valence electrons. The molecule has 0 aliphatic carbocycles. The van der Waals surface area contributed by atoms with Gasteiger partial charge in [-0.05, 0) is 59.7 Å². The van der Waals surface area contributed by atoms with Gasteiger partial charge in [-0.1, -0.05) is 59.8 Å². The summed E-state index contributed by atoms with van der Waals surface area (Å²) in [6, 6.07) is 22.2. The Bertz CT molecular complexity index is 1250. The second kappa shape index (κ2) is 10.2. The molecule has 0 aliphatic rings. The molecule has 0 bridgehead atoms. The van der Waals surface area contributed by atoms with E-state index < -0.39 is 5.97 Å². The molecule has 33 heavy (non-hydrogen) atoms. The lowest BCUT2D eigenvalue weighted by atomic mass is 9.94. The van der Waals surface area contributed by atoms with Crippen LogP contribution in [0.3, 0.4) is 0 Å². The third kappa shape index (κ3) is 5.35. The summed E-state index contributed by atoms with van der Waals surface area (Å²) < 4.78 is 11.0. The van der Waals surface area contributed by atoms with Gasteiger partial charge in [-0.15, -0.1) is 0 Å². The average molecular weight is 443 g/mol. The van der Waals surface area contributed by atoms with Gasteiger partial charge in [-0.25, -0.2) is 0 Å². The van der Waals surface area contributed by atoms with Crippen molar-refractivity contribution in [3.63, 3.8) is 0 Å². The standard InChI is InChI=1S/C27H26N2O4/c1-18-6-3-4-8-23(18)24-15-14-21(16-22(24)17-32-2)27-28-26(29-33-27)20-12-10-19(11-13-20)7-5-9-25(30)31/h3-4,6,8,10-16H,5,7,9,17H2,1-2H3,(H,30,31). The first-order chi connectivity index (χ1) is 16.0. The van der Waals surface area contributed by atoms with Crippen molar-refractivity contribution in [1.82, 2.24) is 10.1 Å². The Hall–Kier alpha value is -3.77. The highest BCUT2D eigenvalue weighted by molar-refractivity contribution is 5.74. The minimum Gasteiger partial charge on any atom is -0.481 e. The highest BCUT2D eigenvalue weighted by Crippen LogP contribution is 2.31. The van der Waals surface area contributed by atoms with Gasteiger partial charge < -0.3 is 14.4 Å². The number of carbonyl (C=O) groups is 1. The van der Waals surface area contributed by atoms with Gasteiger partial charge in [0.25, 0.3) is 5.89 Å². The van der Waals surface area contributed by atoms with E-state index in [9.17, 15) is 4.79 Å². The number of aliphatic carboxylic acids is 1. The maximum atomic E-state index is 10.7. The monoisotopic (exact) mass is 442 g/mol. The van der Waals surface area contributed by atoms with Crippen molar-refractivity contribution in [2.45, 2.75) is 32.8 Å². The second-order valence-corrected chi connectivity index (χ2v) is 7.99. The molecule has 0 unspecified atom stereocenters. The zero-order valence-corrected chi connectivity index (χ0v) is 18.7. The van der Waals surface area contributed by atoms with E-state index in [-0.39, 0.29) is 6.42 Å². The number of aryl methyl sites for hydroxylation is 2. The number of carboxylic acids is 1. The van der Waals surface area contributed by atoms with Gasteiger partial charge in [-0.3, -0.25) is 4.79 Å². The third-order valence-corrected chi connectivity index (χ3v) is 5.58. The van der Waals surface area contributed by atoms with Crippen molar-refractivity contribution < 1.29 is 19.2 Å². The number of nitrogens with zero attached hydrogens (tertiary/aromatic N) is 2. The van der Waals surface area contributed by atoms with E-state index in [2.05, 4.69) is 35.3 Å². The molecular formula is C27H26N2O4. The molecule has 0 fully saturated rings. The maximum absolute atomic E-state index is 10.7. The molecule has 0 amide bonds. The fraction of sp³-hybridized carbons (Fsp3) is 0.222. The SMILES string of the molecule is COCc1cc(-c2nc(-c3ccc(CCCC(=O)O)cc3)no2)ccc1-c1ccccc1C. The maximum Gasteiger partial charge on any atom is 0.303 e. The summed E-state index contributed by atoms with van der Waals surface area (Å²) in [6.07, 6.45) is 1.51. The van der Waals surface area contributed by atoms with Crippen LogP contribution in [0.15, 0.2) is 71.3 Å². The van der Waals surface area contributed by atoms with Crippen molar-refractivity contribution in [3.8, 4) is 34.0 Å². The summed E-state index contributed by atoms with van der Waals surface area (Å²) in [5.41, 5.74) is 7.32. The molecule has 4 aromatic rings. The largest absolute Gasteiger partial charge is 0.481 e. The predicted molar refractivity (Wildman–Crippen MR) is 127 cm³/mol. The minimum absolute atomic E-state index is 0.170. The lowest BCUT2D eigenvalue weighted by molar-refractivity contribution is -0.137. The molecule has 1 aromatic heterocycles. The number of carboxylic acid groups (broad SMARTS) is 1. The fourth-order valence-electron chi connectivity index (χ4n) is 3.86. The Kier molecular flexibility index (Phi) is 6.95. The average Bonchev–Trinajstić information content (AvgIpc) is 3.30. The molecule has 0 radical (unpaired) electrons. The third-order valence-electron chi connectivity index (χ3n) is 5.58. The van der Waals surface area contributed by atoms with Gasteiger partial charge in [0.15, 0.2) is 0 Å². The van der Waals surface area contributed by atoms with Crippen LogP contribution in [0.1, 0.15) is 29.5 Å². The Morgan fingerprint density at radius 2 is 1.76 bits per heavy atom. The van der Waals surface area contributed by atoms with E-state index in [1.165, 1.54) is 11.1 Å². The van der Waals surface area contributed by atoms with Gasteiger partial charge in [-0.2, -0.15) is 4.98 Å². The number of benzene rings is 3. The van der Waals surface area contributed by atoms with E-state index in [1.807, 2.05) is 48.5 Å². The molecule has 0 atom stereocenters. The van der Waals surface area contributed by atoms with E-state index in [4.69, 9.17) is 14.4 Å². The molecule has 0 saturated carbocycles. The van der Waals surface area contributed by atoms with Crippen LogP contribution in [0.5, 0.6) is 0 Å². The number of hydrogen-bond donors (Lipinski definition) is 1. The van der Waals surface area contributed by atoms with Crippen LogP contribution in [0.2, 0.25) is 0 Å². The molecule has 4 rings (SSSR count). The number of hydrogen-bond acceptors (Lipinski definition) is 5. The number of aromatic nitrogens is 2. The fourth-order valence-corrected chi connectivity index (χ4v) is 3.86. The molecule has 3 aromatic carbocycles. The van der Waals surface area contributed by atoms with E-state index in [1.54, 1.807) is 7.11 Å². The van der Waals surface area contributed by atoms with Gasteiger partial charge in [0.1, 0.15) is 0 Å².